The zero-order chi connectivity index (χ0) is 11.4. The molecule has 1 amide bonds. The van der Waals surface area contributed by atoms with Crippen LogP contribution in [0.3, 0.4) is 0 Å². The number of carboxylic acids is 1. The number of amides is 1. The van der Waals surface area contributed by atoms with Crippen molar-refractivity contribution in [1.29, 1.82) is 0 Å². The quantitative estimate of drug-likeness (QED) is 0.783. The van der Waals surface area contributed by atoms with Crippen LogP contribution in [-0.4, -0.2) is 24.0 Å². The summed E-state index contributed by atoms with van der Waals surface area (Å²) >= 11 is 0. The molecule has 0 spiro atoms. The minimum atomic E-state index is -1.12. The summed E-state index contributed by atoms with van der Waals surface area (Å²) in [6.07, 6.45) is 1.55. The van der Waals surface area contributed by atoms with Crippen LogP contribution in [0.4, 0.5) is 0 Å². The first-order valence-electron chi connectivity index (χ1n) is 4.32. The predicted octanol–water partition coefficient (Wildman–Crippen LogP) is 1.39. The van der Waals surface area contributed by atoms with Gasteiger partial charge < -0.3 is 10.4 Å². The summed E-state index contributed by atoms with van der Waals surface area (Å²) in [5, 5.41) is 11.3. The number of hydrogen-bond acceptors (Lipinski definition) is 2. The average molecular weight is 205 g/mol. The van der Waals surface area contributed by atoms with Gasteiger partial charge in [0.25, 0.3) is 5.91 Å². The van der Waals surface area contributed by atoms with Gasteiger partial charge in [0, 0.05) is 7.05 Å². The van der Waals surface area contributed by atoms with Crippen molar-refractivity contribution in [3.05, 3.63) is 41.5 Å². The maximum absolute atomic E-state index is 11.4. The lowest BCUT2D eigenvalue weighted by molar-refractivity contribution is 0.0691. The summed E-state index contributed by atoms with van der Waals surface area (Å²) in [6.45, 7) is 3.55. The largest absolute Gasteiger partial charge is 0.478 e. The van der Waals surface area contributed by atoms with Crippen LogP contribution < -0.4 is 5.32 Å². The van der Waals surface area contributed by atoms with E-state index in [0.29, 0.717) is 5.56 Å². The molecule has 0 saturated heterocycles. The Morgan fingerprint density at radius 3 is 2.53 bits per heavy atom. The molecule has 0 atom stereocenters. The summed E-state index contributed by atoms with van der Waals surface area (Å²) in [5.41, 5.74) is 0.834. The van der Waals surface area contributed by atoms with Gasteiger partial charge in [-0.1, -0.05) is 18.7 Å². The van der Waals surface area contributed by atoms with E-state index in [-0.39, 0.29) is 11.1 Å². The molecule has 0 radical (unpaired) electrons. The van der Waals surface area contributed by atoms with Crippen molar-refractivity contribution >= 4 is 18.0 Å². The van der Waals surface area contributed by atoms with E-state index in [1.54, 1.807) is 12.1 Å². The normalized spacial score (nSPS) is 9.40. The second-order valence-corrected chi connectivity index (χ2v) is 2.89. The lowest BCUT2D eigenvalue weighted by Crippen LogP contribution is -2.21. The van der Waals surface area contributed by atoms with Crippen LogP contribution in [0.5, 0.6) is 0 Å². The van der Waals surface area contributed by atoms with Crippen molar-refractivity contribution in [2.24, 2.45) is 0 Å². The molecule has 15 heavy (non-hydrogen) atoms. The van der Waals surface area contributed by atoms with E-state index >= 15 is 0 Å². The Labute approximate surface area is 87.2 Å². The van der Waals surface area contributed by atoms with Crippen LogP contribution in [-0.2, 0) is 0 Å². The highest BCUT2D eigenvalue weighted by Crippen LogP contribution is 2.13. The van der Waals surface area contributed by atoms with E-state index in [0.717, 1.165) is 0 Å². The Hall–Kier alpha value is -2.10. The van der Waals surface area contributed by atoms with Gasteiger partial charge in [0.15, 0.2) is 0 Å². The van der Waals surface area contributed by atoms with Gasteiger partial charge in [-0.05, 0) is 17.7 Å². The Morgan fingerprint density at radius 2 is 2.07 bits per heavy atom. The van der Waals surface area contributed by atoms with Crippen molar-refractivity contribution in [3.63, 3.8) is 0 Å². The van der Waals surface area contributed by atoms with Crippen LogP contribution in [0.2, 0.25) is 0 Å². The molecule has 4 nitrogen and oxygen atoms in total. The lowest BCUT2D eigenvalue weighted by Gasteiger charge is -2.05. The van der Waals surface area contributed by atoms with Gasteiger partial charge in [0.2, 0.25) is 0 Å². The average Bonchev–Trinajstić information content (AvgIpc) is 2.26. The highest BCUT2D eigenvalue weighted by molar-refractivity contribution is 6.05. The van der Waals surface area contributed by atoms with Gasteiger partial charge in [-0.25, -0.2) is 4.79 Å². The summed E-state index contributed by atoms with van der Waals surface area (Å²) in [7, 11) is 1.45. The Kier molecular flexibility index (Phi) is 3.23. The number of carbonyl (C=O) groups excluding carboxylic acids is 1. The maximum Gasteiger partial charge on any atom is 0.336 e. The van der Waals surface area contributed by atoms with Crippen molar-refractivity contribution < 1.29 is 14.7 Å². The zero-order valence-corrected chi connectivity index (χ0v) is 8.28. The van der Waals surface area contributed by atoms with Gasteiger partial charge in [0.1, 0.15) is 0 Å². The van der Waals surface area contributed by atoms with Crippen molar-refractivity contribution in [1.82, 2.24) is 5.32 Å². The van der Waals surface area contributed by atoms with E-state index in [1.165, 1.54) is 19.2 Å². The van der Waals surface area contributed by atoms with E-state index in [1.807, 2.05) is 0 Å². The molecule has 0 heterocycles. The van der Waals surface area contributed by atoms with Crippen molar-refractivity contribution in [2.45, 2.75) is 0 Å². The smallest absolute Gasteiger partial charge is 0.336 e. The minimum absolute atomic E-state index is 0.0139. The van der Waals surface area contributed by atoms with Crippen molar-refractivity contribution in [3.8, 4) is 0 Å². The van der Waals surface area contributed by atoms with E-state index in [9.17, 15) is 9.59 Å². The molecule has 0 fully saturated rings. The predicted molar refractivity (Wildman–Crippen MR) is 56.9 cm³/mol. The third-order valence-electron chi connectivity index (χ3n) is 1.98. The zero-order valence-electron chi connectivity index (χ0n) is 8.28. The first-order valence-corrected chi connectivity index (χ1v) is 4.32. The maximum atomic E-state index is 11.4. The summed E-state index contributed by atoms with van der Waals surface area (Å²) < 4.78 is 0. The van der Waals surface area contributed by atoms with Gasteiger partial charge in [-0.3, -0.25) is 4.79 Å². The molecule has 1 aromatic rings. The SMILES string of the molecule is C=Cc1ccc(C(=O)O)c(C(=O)NC)c1. The number of carbonyl (C=O) groups is 2. The second-order valence-electron chi connectivity index (χ2n) is 2.89. The first-order chi connectivity index (χ1) is 7.10. The molecule has 0 aliphatic rings. The first kappa shape index (κ1) is 11.0. The number of aromatic carboxylic acids is 1. The lowest BCUT2D eigenvalue weighted by atomic mass is 10.0. The summed E-state index contributed by atoms with van der Waals surface area (Å²) in [6, 6.07) is 4.49. The van der Waals surface area contributed by atoms with E-state index in [2.05, 4.69) is 11.9 Å². The fourth-order valence-electron chi connectivity index (χ4n) is 1.20. The molecular weight excluding hydrogens is 194 g/mol. The van der Waals surface area contributed by atoms with Gasteiger partial charge >= 0.3 is 5.97 Å². The van der Waals surface area contributed by atoms with E-state index < -0.39 is 11.9 Å². The number of hydrogen-bond donors (Lipinski definition) is 2. The van der Waals surface area contributed by atoms with Crippen molar-refractivity contribution in [2.75, 3.05) is 7.05 Å². The molecule has 1 rings (SSSR count). The number of benzene rings is 1. The van der Waals surface area contributed by atoms with Crippen LogP contribution in [0.15, 0.2) is 24.8 Å². The molecule has 0 unspecified atom stereocenters. The van der Waals surface area contributed by atoms with Gasteiger partial charge in [-0.15, -0.1) is 0 Å². The topological polar surface area (TPSA) is 66.4 Å². The highest BCUT2D eigenvalue weighted by Gasteiger charge is 2.15. The fraction of sp³-hybridized carbons (Fsp3) is 0.0909. The van der Waals surface area contributed by atoms with Crippen LogP contribution in [0, 0.1) is 0 Å². The molecule has 1 aromatic carbocycles. The summed E-state index contributed by atoms with van der Waals surface area (Å²) in [5.74, 6) is -1.54. The van der Waals surface area contributed by atoms with Crippen LogP contribution >= 0.6 is 0 Å². The van der Waals surface area contributed by atoms with Crippen LogP contribution in [0.25, 0.3) is 6.08 Å². The second kappa shape index (κ2) is 4.41. The standard InChI is InChI=1S/C11H11NO3/c1-3-7-4-5-8(11(14)15)9(6-7)10(13)12-2/h3-6H,1H2,2H3,(H,12,13)(H,14,15). The fourth-order valence-corrected chi connectivity index (χ4v) is 1.20. The Morgan fingerprint density at radius 1 is 1.40 bits per heavy atom. The third-order valence-corrected chi connectivity index (χ3v) is 1.98. The molecule has 0 saturated carbocycles. The highest BCUT2D eigenvalue weighted by atomic mass is 16.4. The molecular formula is C11H11NO3. The minimum Gasteiger partial charge on any atom is -0.478 e. The molecule has 0 bridgehead atoms. The molecule has 0 aliphatic carbocycles. The molecule has 4 heteroatoms. The third kappa shape index (κ3) is 2.22. The van der Waals surface area contributed by atoms with Crippen LogP contribution in [0.1, 0.15) is 26.3 Å². The number of nitrogens with one attached hydrogen (secondary N) is 1. The Bertz CT molecular complexity index is 424. The molecule has 78 valence electrons. The number of carboxylic acid groups (broad SMARTS) is 1. The summed E-state index contributed by atoms with van der Waals surface area (Å²) in [4.78, 5) is 22.2. The van der Waals surface area contributed by atoms with Gasteiger partial charge in [0.05, 0.1) is 11.1 Å². The number of rotatable bonds is 3. The van der Waals surface area contributed by atoms with E-state index in [4.69, 9.17) is 5.11 Å². The molecule has 0 aromatic heterocycles. The monoisotopic (exact) mass is 205 g/mol. The molecule has 0 aliphatic heterocycles. The van der Waals surface area contributed by atoms with Gasteiger partial charge in [-0.2, -0.15) is 0 Å². The molecule has 2 N–H and O–H groups in total. The Balaban J connectivity index is 3.34.